The maximum Gasteiger partial charge on any atom is 0.126 e. The molecule has 0 fully saturated rings. The Hall–Kier alpha value is -0.890. The van der Waals surface area contributed by atoms with E-state index >= 15 is 0 Å². The Balaban J connectivity index is 0.000000980. The van der Waals surface area contributed by atoms with Crippen LogP contribution in [0.4, 0.5) is 0 Å². The highest BCUT2D eigenvalue weighted by atomic mass is 35.5. The molecule has 0 saturated heterocycles. The Morgan fingerprint density at radius 3 is 2.93 bits per heavy atom. The molecular formula is C11H15ClO2. The first-order valence-electron chi connectivity index (χ1n) is 4.63. The van der Waals surface area contributed by atoms with Gasteiger partial charge in [-0.25, -0.2) is 0 Å². The molecule has 2 rings (SSSR count). The summed E-state index contributed by atoms with van der Waals surface area (Å²) in [5.41, 5.74) is 1.29. The van der Waals surface area contributed by atoms with Gasteiger partial charge in [-0.3, -0.25) is 0 Å². The third-order valence-electron chi connectivity index (χ3n) is 2.42. The van der Waals surface area contributed by atoms with E-state index in [9.17, 15) is 0 Å². The molecule has 1 atom stereocenters. The molecule has 0 aromatic heterocycles. The molecule has 2 nitrogen and oxygen atoms in total. The third kappa shape index (κ3) is 2.13. The zero-order chi connectivity index (χ0) is 9.26. The van der Waals surface area contributed by atoms with Crippen LogP contribution in [-0.4, -0.2) is 13.2 Å². The van der Waals surface area contributed by atoms with Gasteiger partial charge in [0.15, 0.2) is 0 Å². The second kappa shape index (κ2) is 4.56. The number of rotatable bonds is 1. The summed E-state index contributed by atoms with van der Waals surface area (Å²) in [5, 5.41) is 0. The predicted octanol–water partition coefficient (Wildman–Crippen LogP) is 2.83. The Labute approximate surface area is 90.6 Å². The van der Waals surface area contributed by atoms with E-state index in [0.29, 0.717) is 6.10 Å². The van der Waals surface area contributed by atoms with E-state index in [-0.39, 0.29) is 12.4 Å². The minimum Gasteiger partial charge on any atom is -0.497 e. The molecule has 1 aliphatic rings. The van der Waals surface area contributed by atoms with E-state index in [0.717, 1.165) is 24.3 Å². The van der Waals surface area contributed by atoms with Crippen molar-refractivity contribution in [3.63, 3.8) is 0 Å². The fraction of sp³-hybridized carbons (Fsp3) is 0.455. The Morgan fingerprint density at radius 2 is 2.21 bits per heavy atom. The van der Waals surface area contributed by atoms with Crippen molar-refractivity contribution in [1.29, 1.82) is 0 Å². The molecule has 0 bridgehead atoms. The van der Waals surface area contributed by atoms with Crippen LogP contribution < -0.4 is 9.47 Å². The SMILES string of the molecule is COc1ccc2c(c1)OC(C)CC2.Cl. The maximum atomic E-state index is 5.69. The Kier molecular flexibility index (Phi) is 3.64. The van der Waals surface area contributed by atoms with Gasteiger partial charge in [0.1, 0.15) is 11.5 Å². The predicted molar refractivity (Wildman–Crippen MR) is 58.7 cm³/mol. The lowest BCUT2D eigenvalue weighted by Gasteiger charge is -2.23. The average Bonchev–Trinajstić information content (AvgIpc) is 2.16. The molecule has 1 aromatic rings. The van der Waals surface area contributed by atoms with Crippen LogP contribution >= 0.6 is 12.4 Å². The van der Waals surface area contributed by atoms with Crippen LogP contribution in [0.1, 0.15) is 18.9 Å². The summed E-state index contributed by atoms with van der Waals surface area (Å²) < 4.78 is 10.8. The number of hydrogen-bond donors (Lipinski definition) is 0. The van der Waals surface area contributed by atoms with E-state index < -0.39 is 0 Å². The van der Waals surface area contributed by atoms with Gasteiger partial charge < -0.3 is 9.47 Å². The van der Waals surface area contributed by atoms with Crippen molar-refractivity contribution >= 4 is 12.4 Å². The molecule has 1 aromatic carbocycles. The van der Waals surface area contributed by atoms with Crippen LogP contribution in [0.3, 0.4) is 0 Å². The number of halogens is 1. The number of fused-ring (bicyclic) bond motifs is 1. The third-order valence-corrected chi connectivity index (χ3v) is 2.42. The van der Waals surface area contributed by atoms with Crippen molar-refractivity contribution in [2.24, 2.45) is 0 Å². The normalized spacial score (nSPS) is 18.9. The highest BCUT2D eigenvalue weighted by molar-refractivity contribution is 5.85. The quantitative estimate of drug-likeness (QED) is 0.716. The molecule has 1 unspecified atom stereocenters. The second-order valence-corrected chi connectivity index (χ2v) is 3.44. The van der Waals surface area contributed by atoms with Crippen molar-refractivity contribution in [3.05, 3.63) is 23.8 Å². The van der Waals surface area contributed by atoms with Crippen LogP contribution in [0, 0.1) is 0 Å². The lowest BCUT2D eigenvalue weighted by atomic mass is 10.0. The minimum atomic E-state index is 0. The molecule has 0 amide bonds. The highest BCUT2D eigenvalue weighted by Gasteiger charge is 2.15. The number of hydrogen-bond acceptors (Lipinski definition) is 2. The molecule has 78 valence electrons. The molecule has 0 spiro atoms. The van der Waals surface area contributed by atoms with Crippen molar-refractivity contribution in [1.82, 2.24) is 0 Å². The van der Waals surface area contributed by atoms with Gasteiger partial charge in [-0.1, -0.05) is 6.07 Å². The van der Waals surface area contributed by atoms with E-state index in [4.69, 9.17) is 9.47 Å². The topological polar surface area (TPSA) is 18.5 Å². The maximum absolute atomic E-state index is 5.69. The molecule has 0 radical (unpaired) electrons. The molecule has 0 aliphatic carbocycles. The number of ether oxygens (including phenoxy) is 2. The van der Waals surface area contributed by atoms with E-state index in [2.05, 4.69) is 13.0 Å². The first-order valence-corrected chi connectivity index (χ1v) is 4.63. The fourth-order valence-corrected chi connectivity index (χ4v) is 1.61. The largest absolute Gasteiger partial charge is 0.497 e. The highest BCUT2D eigenvalue weighted by Crippen LogP contribution is 2.30. The number of aryl methyl sites for hydroxylation is 1. The summed E-state index contributed by atoms with van der Waals surface area (Å²) >= 11 is 0. The van der Waals surface area contributed by atoms with Crippen molar-refractivity contribution in [2.45, 2.75) is 25.9 Å². The Morgan fingerprint density at radius 1 is 1.43 bits per heavy atom. The van der Waals surface area contributed by atoms with Gasteiger partial charge in [-0.15, -0.1) is 12.4 Å². The smallest absolute Gasteiger partial charge is 0.126 e. The fourth-order valence-electron chi connectivity index (χ4n) is 1.61. The van der Waals surface area contributed by atoms with Crippen LogP contribution in [-0.2, 0) is 6.42 Å². The van der Waals surface area contributed by atoms with Gasteiger partial charge in [0, 0.05) is 6.07 Å². The number of methoxy groups -OCH3 is 1. The standard InChI is InChI=1S/C11H14O2.ClH/c1-8-3-4-9-5-6-10(12-2)7-11(9)13-8;/h5-8H,3-4H2,1-2H3;1H. The lowest BCUT2D eigenvalue weighted by molar-refractivity contribution is 0.191. The molecule has 0 N–H and O–H groups in total. The van der Waals surface area contributed by atoms with Gasteiger partial charge in [0.25, 0.3) is 0 Å². The van der Waals surface area contributed by atoms with Crippen LogP contribution in [0.5, 0.6) is 11.5 Å². The number of benzene rings is 1. The second-order valence-electron chi connectivity index (χ2n) is 3.44. The van der Waals surface area contributed by atoms with E-state index in [1.54, 1.807) is 7.11 Å². The molecule has 14 heavy (non-hydrogen) atoms. The van der Waals surface area contributed by atoms with Crippen molar-refractivity contribution in [3.8, 4) is 11.5 Å². The average molecular weight is 215 g/mol. The van der Waals surface area contributed by atoms with Gasteiger partial charge in [-0.2, -0.15) is 0 Å². The van der Waals surface area contributed by atoms with Crippen molar-refractivity contribution in [2.75, 3.05) is 7.11 Å². The molecule has 0 saturated carbocycles. The molecular weight excluding hydrogens is 200 g/mol. The van der Waals surface area contributed by atoms with Gasteiger partial charge in [0.05, 0.1) is 13.2 Å². The Bertz CT molecular complexity index is 312. The lowest BCUT2D eigenvalue weighted by Crippen LogP contribution is -2.18. The van der Waals surface area contributed by atoms with E-state index in [1.165, 1.54) is 5.56 Å². The first-order chi connectivity index (χ1) is 6.29. The van der Waals surface area contributed by atoms with Crippen LogP contribution in [0.25, 0.3) is 0 Å². The molecule has 1 heterocycles. The summed E-state index contributed by atoms with van der Waals surface area (Å²) in [6.07, 6.45) is 2.56. The summed E-state index contributed by atoms with van der Waals surface area (Å²) in [6.45, 7) is 2.10. The van der Waals surface area contributed by atoms with Gasteiger partial charge >= 0.3 is 0 Å². The molecule has 3 heteroatoms. The van der Waals surface area contributed by atoms with Crippen LogP contribution in [0.15, 0.2) is 18.2 Å². The van der Waals surface area contributed by atoms with Crippen LogP contribution in [0.2, 0.25) is 0 Å². The zero-order valence-electron chi connectivity index (χ0n) is 8.45. The van der Waals surface area contributed by atoms with Gasteiger partial charge in [0.2, 0.25) is 0 Å². The van der Waals surface area contributed by atoms with Gasteiger partial charge in [-0.05, 0) is 31.4 Å². The minimum absolute atomic E-state index is 0. The zero-order valence-corrected chi connectivity index (χ0v) is 9.26. The molecule has 1 aliphatic heterocycles. The summed E-state index contributed by atoms with van der Waals surface area (Å²) in [6, 6.07) is 6.03. The van der Waals surface area contributed by atoms with Crippen molar-refractivity contribution < 1.29 is 9.47 Å². The first kappa shape index (κ1) is 11.2. The summed E-state index contributed by atoms with van der Waals surface area (Å²) in [4.78, 5) is 0. The van der Waals surface area contributed by atoms with E-state index in [1.807, 2.05) is 12.1 Å². The monoisotopic (exact) mass is 214 g/mol. The summed E-state index contributed by atoms with van der Waals surface area (Å²) in [7, 11) is 1.67. The summed E-state index contributed by atoms with van der Waals surface area (Å²) in [5.74, 6) is 1.85.